The van der Waals surface area contributed by atoms with E-state index in [0.717, 1.165) is 36.3 Å². The highest BCUT2D eigenvalue weighted by Gasteiger charge is 2.11. The van der Waals surface area contributed by atoms with Gasteiger partial charge >= 0.3 is 0 Å². The van der Waals surface area contributed by atoms with Gasteiger partial charge in [0.15, 0.2) is 5.65 Å². The number of nitrogens with zero attached hydrogens (tertiary/aromatic N) is 4. The number of hydrogen-bond donors (Lipinski definition) is 0. The third kappa shape index (κ3) is 2.40. The van der Waals surface area contributed by atoms with Crippen molar-refractivity contribution < 1.29 is 0 Å². The second kappa shape index (κ2) is 5.15. The average molecular weight is 249 g/mol. The van der Waals surface area contributed by atoms with E-state index in [1.54, 1.807) is 12.3 Å². The van der Waals surface area contributed by atoms with E-state index >= 15 is 0 Å². The van der Waals surface area contributed by atoms with Gasteiger partial charge in [0, 0.05) is 12.6 Å². The number of unbranched alkanes of at least 4 members (excludes halogenated alkanes) is 1. The summed E-state index contributed by atoms with van der Waals surface area (Å²) in [4.78, 5) is 8.74. The molecule has 17 heavy (non-hydrogen) atoms. The summed E-state index contributed by atoms with van der Waals surface area (Å²) in [6.45, 7) is 2.41. The molecule has 0 unspecified atom stereocenters. The maximum atomic E-state index is 8.85. The monoisotopic (exact) mass is 248 g/mol. The number of nitriles is 1. The van der Waals surface area contributed by atoms with Crippen molar-refractivity contribution in [3.63, 3.8) is 0 Å². The van der Waals surface area contributed by atoms with Crippen LogP contribution in [-0.2, 0) is 13.0 Å². The molecule has 2 heterocycles. The molecule has 88 valence electrons. The molecule has 0 radical (unpaired) electrons. The Balaban J connectivity index is 2.50. The third-order valence-corrected chi connectivity index (χ3v) is 2.82. The normalized spacial score (nSPS) is 10.6. The number of aromatic nitrogens is 3. The van der Waals surface area contributed by atoms with Crippen LogP contribution in [0, 0.1) is 11.3 Å². The van der Waals surface area contributed by atoms with Gasteiger partial charge in [0.1, 0.15) is 17.9 Å². The predicted molar refractivity (Wildman–Crippen MR) is 66.8 cm³/mol. The average Bonchev–Trinajstić information content (AvgIpc) is 2.64. The number of aryl methyl sites for hydroxylation is 1. The zero-order valence-electron chi connectivity index (χ0n) is 9.65. The molecule has 0 atom stereocenters. The molecular formula is C12H13ClN4. The van der Waals surface area contributed by atoms with Crippen LogP contribution in [0.1, 0.15) is 25.6 Å². The molecule has 2 rings (SSSR count). The molecule has 4 nitrogen and oxygen atoms in total. The van der Waals surface area contributed by atoms with Crippen LogP contribution in [0.15, 0.2) is 12.3 Å². The molecule has 0 fully saturated rings. The maximum Gasteiger partial charge on any atom is 0.161 e. The van der Waals surface area contributed by atoms with E-state index in [9.17, 15) is 0 Å². The highest BCUT2D eigenvalue weighted by atomic mass is 35.5. The van der Waals surface area contributed by atoms with Gasteiger partial charge in [0.05, 0.1) is 11.1 Å². The second-order valence-electron chi connectivity index (χ2n) is 3.87. The Morgan fingerprint density at radius 1 is 1.53 bits per heavy atom. The van der Waals surface area contributed by atoms with Crippen molar-refractivity contribution >= 4 is 22.8 Å². The standard InChI is InChI=1S/C12H13ClN4/c1-2-3-4-11-16-10-7-9(13)8-15-12(10)17(11)6-5-14/h7-8H,2-4,6H2,1H3. The maximum absolute atomic E-state index is 8.85. The van der Waals surface area contributed by atoms with Crippen LogP contribution in [0.5, 0.6) is 0 Å². The van der Waals surface area contributed by atoms with Crippen molar-refractivity contribution in [1.82, 2.24) is 14.5 Å². The Kier molecular flexibility index (Phi) is 3.60. The molecule has 0 amide bonds. The van der Waals surface area contributed by atoms with Crippen molar-refractivity contribution in [3.05, 3.63) is 23.1 Å². The van der Waals surface area contributed by atoms with Gasteiger partial charge in [-0.05, 0) is 12.5 Å². The van der Waals surface area contributed by atoms with Crippen molar-refractivity contribution in [3.8, 4) is 6.07 Å². The molecular weight excluding hydrogens is 236 g/mol. The van der Waals surface area contributed by atoms with Crippen LogP contribution in [0.4, 0.5) is 0 Å². The predicted octanol–water partition coefficient (Wildman–Crippen LogP) is 2.95. The lowest BCUT2D eigenvalue weighted by atomic mass is 10.2. The number of fused-ring (bicyclic) bond motifs is 1. The van der Waals surface area contributed by atoms with Crippen LogP contribution >= 0.6 is 11.6 Å². The lowest BCUT2D eigenvalue weighted by Gasteiger charge is -2.02. The van der Waals surface area contributed by atoms with E-state index in [-0.39, 0.29) is 6.54 Å². The molecule has 5 heteroatoms. The van der Waals surface area contributed by atoms with Crippen molar-refractivity contribution in [2.75, 3.05) is 0 Å². The third-order valence-electron chi connectivity index (χ3n) is 2.61. The summed E-state index contributed by atoms with van der Waals surface area (Å²) in [5, 5.41) is 9.42. The number of hydrogen-bond acceptors (Lipinski definition) is 3. The summed E-state index contributed by atoms with van der Waals surface area (Å²) in [5.41, 5.74) is 1.50. The second-order valence-corrected chi connectivity index (χ2v) is 4.31. The van der Waals surface area contributed by atoms with E-state index in [4.69, 9.17) is 16.9 Å². The topological polar surface area (TPSA) is 54.5 Å². The Hall–Kier alpha value is -1.60. The van der Waals surface area contributed by atoms with Gasteiger partial charge < -0.3 is 0 Å². The summed E-state index contributed by atoms with van der Waals surface area (Å²) in [7, 11) is 0. The summed E-state index contributed by atoms with van der Waals surface area (Å²) in [6.07, 6.45) is 4.61. The van der Waals surface area contributed by atoms with Crippen LogP contribution < -0.4 is 0 Å². The first kappa shape index (κ1) is 11.9. The van der Waals surface area contributed by atoms with Crippen LogP contribution in [-0.4, -0.2) is 14.5 Å². The summed E-state index contributed by atoms with van der Waals surface area (Å²) in [5.74, 6) is 0.915. The highest BCUT2D eigenvalue weighted by molar-refractivity contribution is 6.31. The fourth-order valence-corrected chi connectivity index (χ4v) is 1.95. The minimum absolute atomic E-state index is 0.282. The van der Waals surface area contributed by atoms with Crippen molar-refractivity contribution in [2.45, 2.75) is 32.7 Å². The first-order chi connectivity index (χ1) is 8.26. The van der Waals surface area contributed by atoms with E-state index in [0.29, 0.717) is 5.02 Å². The number of halogens is 1. The number of pyridine rings is 1. The molecule has 0 aliphatic carbocycles. The number of rotatable bonds is 4. The lowest BCUT2D eigenvalue weighted by Crippen LogP contribution is -2.03. The Labute approximate surface area is 105 Å². The quantitative estimate of drug-likeness (QED) is 0.836. The molecule has 0 aliphatic rings. The first-order valence-electron chi connectivity index (χ1n) is 5.64. The first-order valence-corrected chi connectivity index (χ1v) is 6.01. The molecule has 0 aromatic carbocycles. The molecule has 0 N–H and O–H groups in total. The smallest absolute Gasteiger partial charge is 0.161 e. The Bertz CT molecular complexity index is 568. The van der Waals surface area contributed by atoms with Gasteiger partial charge in [-0.1, -0.05) is 24.9 Å². The Morgan fingerprint density at radius 3 is 3.06 bits per heavy atom. The van der Waals surface area contributed by atoms with Gasteiger partial charge in [0.25, 0.3) is 0 Å². The van der Waals surface area contributed by atoms with Gasteiger partial charge in [-0.15, -0.1) is 0 Å². The molecule has 0 spiro atoms. The fraction of sp³-hybridized carbons (Fsp3) is 0.417. The fourth-order valence-electron chi connectivity index (χ4n) is 1.80. The van der Waals surface area contributed by atoms with Crippen LogP contribution in [0.3, 0.4) is 0 Å². The zero-order valence-corrected chi connectivity index (χ0v) is 10.4. The zero-order chi connectivity index (χ0) is 12.3. The largest absolute Gasteiger partial charge is 0.299 e. The minimum atomic E-state index is 0.282. The lowest BCUT2D eigenvalue weighted by molar-refractivity contribution is 0.697. The molecule has 0 saturated heterocycles. The van der Waals surface area contributed by atoms with Crippen LogP contribution in [0.25, 0.3) is 11.2 Å². The molecule has 0 aliphatic heterocycles. The van der Waals surface area contributed by atoms with Crippen molar-refractivity contribution in [2.24, 2.45) is 0 Å². The van der Waals surface area contributed by atoms with E-state index < -0.39 is 0 Å². The summed E-state index contributed by atoms with van der Waals surface area (Å²) < 4.78 is 1.86. The van der Waals surface area contributed by atoms with Gasteiger partial charge in [-0.3, -0.25) is 4.57 Å². The summed E-state index contributed by atoms with van der Waals surface area (Å²) >= 11 is 5.88. The molecule has 2 aromatic heterocycles. The van der Waals surface area contributed by atoms with Gasteiger partial charge in [-0.25, -0.2) is 9.97 Å². The van der Waals surface area contributed by atoms with Gasteiger partial charge in [-0.2, -0.15) is 5.26 Å². The van der Waals surface area contributed by atoms with Gasteiger partial charge in [0.2, 0.25) is 0 Å². The summed E-state index contributed by atoms with van der Waals surface area (Å²) in [6, 6.07) is 3.93. The number of imidazole rings is 1. The molecule has 0 saturated carbocycles. The Morgan fingerprint density at radius 2 is 2.35 bits per heavy atom. The van der Waals surface area contributed by atoms with E-state index in [1.165, 1.54) is 0 Å². The molecule has 0 bridgehead atoms. The SMILES string of the molecule is CCCCc1nc2cc(Cl)cnc2n1CC#N. The van der Waals surface area contributed by atoms with E-state index in [1.807, 2.05) is 4.57 Å². The van der Waals surface area contributed by atoms with Crippen molar-refractivity contribution in [1.29, 1.82) is 5.26 Å². The minimum Gasteiger partial charge on any atom is -0.299 e. The highest BCUT2D eigenvalue weighted by Crippen LogP contribution is 2.19. The van der Waals surface area contributed by atoms with E-state index in [2.05, 4.69) is 23.0 Å². The van der Waals surface area contributed by atoms with Crippen LogP contribution in [0.2, 0.25) is 5.02 Å². The molecule has 2 aromatic rings.